The van der Waals surface area contributed by atoms with Crippen molar-refractivity contribution >= 4 is 28.9 Å². The van der Waals surface area contributed by atoms with Crippen LogP contribution in [0.3, 0.4) is 0 Å². The van der Waals surface area contributed by atoms with Crippen molar-refractivity contribution in [2.45, 2.75) is 77.9 Å². The average Bonchev–Trinajstić information content (AvgIpc) is 3.29. The second kappa shape index (κ2) is 12.2. The predicted molar refractivity (Wildman–Crippen MR) is 137 cm³/mol. The van der Waals surface area contributed by atoms with Crippen molar-refractivity contribution < 1.29 is 18.8 Å². The summed E-state index contributed by atoms with van der Waals surface area (Å²) < 4.78 is 14.1. The normalized spacial score (nSPS) is 17.6. The number of rotatable bonds is 9. The van der Waals surface area contributed by atoms with Gasteiger partial charge >= 0.3 is 6.03 Å². The monoisotopic (exact) mass is 502 g/mol. The van der Waals surface area contributed by atoms with Crippen molar-refractivity contribution in [1.82, 2.24) is 30.4 Å². The minimum atomic E-state index is -1.05. The number of nitrogens with zero attached hydrogens (tertiary/aromatic N) is 3. The summed E-state index contributed by atoms with van der Waals surface area (Å²) in [5.41, 5.74) is 0.719. The Kier molecular flexibility index (Phi) is 9.28. The van der Waals surface area contributed by atoms with E-state index in [1.165, 1.54) is 11.0 Å². The molecule has 2 aromatic rings. The number of hydrogen-bond donors (Lipinski definition) is 3. The van der Waals surface area contributed by atoms with Crippen LogP contribution in [0.25, 0.3) is 11.0 Å². The quantitative estimate of drug-likeness (QED) is 0.485. The molecule has 0 spiro atoms. The van der Waals surface area contributed by atoms with Gasteiger partial charge in [-0.1, -0.05) is 26.8 Å². The first kappa shape index (κ1) is 27.4. The Bertz CT molecular complexity index is 1070. The maximum atomic E-state index is 14.1. The Labute approximate surface area is 212 Å². The van der Waals surface area contributed by atoms with E-state index < -0.39 is 29.8 Å². The van der Waals surface area contributed by atoms with Gasteiger partial charge in [0.1, 0.15) is 17.4 Å². The van der Waals surface area contributed by atoms with Gasteiger partial charge < -0.3 is 25.4 Å². The van der Waals surface area contributed by atoms with E-state index in [9.17, 15) is 18.8 Å². The SMILES string of the molecule is CC[C@H]1CCCCN1C(=O)CC(NC(=O)N(C)CC(C)C)C(=O)NC(C)c1nc2c(F)cccc2[nH]1. The molecule has 4 amide bonds. The van der Waals surface area contributed by atoms with Gasteiger partial charge in [-0.2, -0.15) is 0 Å². The van der Waals surface area contributed by atoms with Crippen LogP contribution in [0, 0.1) is 11.7 Å². The summed E-state index contributed by atoms with van der Waals surface area (Å²) in [5, 5.41) is 5.59. The van der Waals surface area contributed by atoms with E-state index in [-0.39, 0.29) is 29.8 Å². The maximum absolute atomic E-state index is 14.1. The number of amides is 4. The Morgan fingerprint density at radius 2 is 1.97 bits per heavy atom. The number of carbonyl (C=O) groups excluding carboxylic acids is 3. The first-order valence-electron chi connectivity index (χ1n) is 12.9. The predicted octanol–water partition coefficient (Wildman–Crippen LogP) is 3.73. The molecule has 3 atom stereocenters. The third kappa shape index (κ3) is 6.73. The van der Waals surface area contributed by atoms with Crippen LogP contribution in [0.4, 0.5) is 9.18 Å². The third-order valence-electron chi connectivity index (χ3n) is 6.65. The first-order valence-corrected chi connectivity index (χ1v) is 12.9. The molecule has 0 saturated carbocycles. The van der Waals surface area contributed by atoms with E-state index in [4.69, 9.17) is 0 Å². The molecule has 198 valence electrons. The lowest BCUT2D eigenvalue weighted by molar-refractivity contribution is -0.138. The standard InChI is InChI=1S/C26H39FN6O3/c1-6-18-10-7-8-13-33(18)22(34)14-21(30-26(36)32(5)15-16(2)3)25(35)28-17(4)24-29-20-12-9-11-19(27)23(20)31-24/h9,11-12,16-18,21H,6-8,10,13-15H2,1-5H3,(H,28,35)(H,29,31)(H,30,36)/t17?,18-,21?/m0/s1. The molecule has 0 bridgehead atoms. The molecule has 1 aliphatic heterocycles. The summed E-state index contributed by atoms with van der Waals surface area (Å²) in [7, 11) is 1.66. The number of imidazole rings is 1. The van der Waals surface area contributed by atoms with Crippen LogP contribution in [0.1, 0.15) is 71.7 Å². The van der Waals surface area contributed by atoms with E-state index in [1.54, 1.807) is 26.1 Å². The fourth-order valence-electron chi connectivity index (χ4n) is 4.75. The number of halogens is 1. The number of urea groups is 1. The van der Waals surface area contributed by atoms with Crippen LogP contribution in [-0.4, -0.2) is 69.8 Å². The fraction of sp³-hybridized carbons (Fsp3) is 0.615. The van der Waals surface area contributed by atoms with Gasteiger partial charge in [-0.25, -0.2) is 14.2 Å². The molecule has 3 rings (SSSR count). The number of benzene rings is 1. The number of H-pyrrole nitrogens is 1. The van der Waals surface area contributed by atoms with Crippen LogP contribution in [0.2, 0.25) is 0 Å². The fourth-order valence-corrected chi connectivity index (χ4v) is 4.75. The molecule has 1 aromatic carbocycles. The van der Waals surface area contributed by atoms with Crippen molar-refractivity contribution in [3.05, 3.63) is 29.8 Å². The minimum absolute atomic E-state index is 0.134. The molecule has 3 N–H and O–H groups in total. The molecule has 2 unspecified atom stereocenters. The van der Waals surface area contributed by atoms with Gasteiger partial charge in [-0.05, 0) is 50.7 Å². The van der Waals surface area contributed by atoms with E-state index in [0.717, 1.165) is 25.7 Å². The van der Waals surface area contributed by atoms with Crippen LogP contribution in [0.15, 0.2) is 18.2 Å². The number of fused-ring (bicyclic) bond motifs is 1. The Hall–Kier alpha value is -3.17. The zero-order chi connectivity index (χ0) is 26.4. The number of aromatic nitrogens is 2. The number of hydrogen-bond acceptors (Lipinski definition) is 4. The van der Waals surface area contributed by atoms with Gasteiger partial charge in [-0.15, -0.1) is 0 Å². The molecule has 9 nitrogen and oxygen atoms in total. The van der Waals surface area contributed by atoms with Gasteiger partial charge in [0.05, 0.1) is 18.0 Å². The highest BCUT2D eigenvalue weighted by atomic mass is 19.1. The van der Waals surface area contributed by atoms with Crippen LogP contribution in [0.5, 0.6) is 0 Å². The van der Waals surface area contributed by atoms with E-state index in [1.807, 2.05) is 18.7 Å². The largest absolute Gasteiger partial charge is 0.345 e. The molecular weight excluding hydrogens is 463 g/mol. The first-order chi connectivity index (χ1) is 17.1. The van der Waals surface area contributed by atoms with Crippen molar-refractivity contribution in [3.63, 3.8) is 0 Å². The lowest BCUT2D eigenvalue weighted by Crippen LogP contribution is -2.54. The van der Waals surface area contributed by atoms with Gasteiger partial charge in [-0.3, -0.25) is 9.59 Å². The van der Waals surface area contributed by atoms with Gasteiger partial charge in [0.25, 0.3) is 0 Å². The maximum Gasteiger partial charge on any atom is 0.317 e. The molecule has 1 saturated heterocycles. The molecule has 10 heteroatoms. The van der Waals surface area contributed by atoms with Crippen molar-refractivity contribution in [2.75, 3.05) is 20.1 Å². The molecule has 36 heavy (non-hydrogen) atoms. The Morgan fingerprint density at radius 1 is 1.22 bits per heavy atom. The molecular formula is C26H39FN6O3. The number of carbonyl (C=O) groups is 3. The lowest BCUT2D eigenvalue weighted by atomic mass is 9.99. The number of para-hydroxylation sites is 1. The van der Waals surface area contributed by atoms with Crippen LogP contribution in [-0.2, 0) is 9.59 Å². The average molecular weight is 503 g/mol. The molecule has 1 aromatic heterocycles. The minimum Gasteiger partial charge on any atom is -0.345 e. The highest BCUT2D eigenvalue weighted by Crippen LogP contribution is 2.22. The van der Waals surface area contributed by atoms with E-state index >= 15 is 0 Å². The molecule has 0 aliphatic carbocycles. The molecule has 0 radical (unpaired) electrons. The number of likely N-dealkylation sites (tertiary alicyclic amines) is 1. The van der Waals surface area contributed by atoms with Gasteiger partial charge in [0, 0.05) is 26.2 Å². The summed E-state index contributed by atoms with van der Waals surface area (Å²) in [4.78, 5) is 50.1. The third-order valence-corrected chi connectivity index (χ3v) is 6.65. The summed E-state index contributed by atoms with van der Waals surface area (Å²) >= 11 is 0. The second-order valence-corrected chi connectivity index (χ2v) is 10.1. The van der Waals surface area contributed by atoms with Crippen LogP contribution >= 0.6 is 0 Å². The smallest absolute Gasteiger partial charge is 0.317 e. The molecule has 1 fully saturated rings. The summed E-state index contributed by atoms with van der Waals surface area (Å²) in [6.07, 6.45) is 3.68. The highest BCUT2D eigenvalue weighted by Gasteiger charge is 2.32. The lowest BCUT2D eigenvalue weighted by Gasteiger charge is -2.36. The number of nitrogens with one attached hydrogen (secondary N) is 3. The van der Waals surface area contributed by atoms with Crippen molar-refractivity contribution in [3.8, 4) is 0 Å². The summed E-state index contributed by atoms with van der Waals surface area (Å²) in [6, 6.07) is 2.70. The Balaban J connectivity index is 1.76. The van der Waals surface area contributed by atoms with E-state index in [0.29, 0.717) is 24.4 Å². The topological polar surface area (TPSA) is 110 Å². The number of piperidine rings is 1. The number of aromatic amines is 1. The molecule has 2 heterocycles. The van der Waals surface area contributed by atoms with Crippen molar-refractivity contribution in [1.29, 1.82) is 0 Å². The zero-order valence-corrected chi connectivity index (χ0v) is 21.9. The second-order valence-electron chi connectivity index (χ2n) is 10.1. The molecule has 1 aliphatic rings. The Morgan fingerprint density at radius 3 is 2.64 bits per heavy atom. The summed E-state index contributed by atoms with van der Waals surface area (Å²) in [5.74, 6) is -0.453. The van der Waals surface area contributed by atoms with Crippen LogP contribution < -0.4 is 10.6 Å². The van der Waals surface area contributed by atoms with E-state index in [2.05, 4.69) is 27.5 Å². The van der Waals surface area contributed by atoms with Gasteiger partial charge in [0.2, 0.25) is 11.8 Å². The zero-order valence-electron chi connectivity index (χ0n) is 21.9. The summed E-state index contributed by atoms with van der Waals surface area (Å²) in [6.45, 7) is 8.94. The van der Waals surface area contributed by atoms with Crippen molar-refractivity contribution in [2.24, 2.45) is 5.92 Å². The highest BCUT2D eigenvalue weighted by molar-refractivity contribution is 5.92. The van der Waals surface area contributed by atoms with Gasteiger partial charge in [0.15, 0.2) is 5.82 Å².